The lowest BCUT2D eigenvalue weighted by atomic mass is 9.93. The summed E-state index contributed by atoms with van der Waals surface area (Å²) in [5.41, 5.74) is 0.165. The number of nitrogens with zero attached hydrogens (tertiary/aromatic N) is 3. The molecule has 2 aliphatic rings. The van der Waals surface area contributed by atoms with Gasteiger partial charge < -0.3 is 9.64 Å². The maximum absolute atomic E-state index is 14.2. The fraction of sp³-hybridized carbons (Fsp3) is 0.536. The highest BCUT2D eigenvalue weighted by atomic mass is 35.5. The minimum Gasteiger partial charge on any atom is -0.379 e. The van der Waals surface area contributed by atoms with E-state index in [0.29, 0.717) is 30.1 Å². The molecule has 2 aliphatic heterocycles. The van der Waals surface area contributed by atoms with E-state index in [2.05, 4.69) is 4.90 Å². The molecule has 208 valence electrons. The number of morpholine rings is 1. The number of ether oxygens (including phenoxy) is 1. The van der Waals surface area contributed by atoms with Crippen molar-refractivity contribution in [2.24, 2.45) is 0 Å². The maximum Gasteiger partial charge on any atom is 0.419 e. The summed E-state index contributed by atoms with van der Waals surface area (Å²) in [6, 6.07) is 10.5. The first-order valence-electron chi connectivity index (χ1n) is 13.0. The summed E-state index contributed by atoms with van der Waals surface area (Å²) in [5, 5.41) is 0.599. The van der Waals surface area contributed by atoms with Gasteiger partial charge in [0.1, 0.15) is 5.82 Å². The quantitative estimate of drug-likeness (QED) is 0.305. The Labute approximate surface area is 226 Å². The highest BCUT2D eigenvalue weighted by molar-refractivity contribution is 6.30. The van der Waals surface area contributed by atoms with Crippen LogP contribution in [0.4, 0.5) is 17.6 Å². The van der Waals surface area contributed by atoms with Gasteiger partial charge in [-0.25, -0.2) is 4.39 Å². The number of likely N-dealkylation sites (N-methyl/N-ethyl adjacent to an activating group) is 1. The van der Waals surface area contributed by atoms with Crippen molar-refractivity contribution in [2.75, 3.05) is 53.0 Å². The van der Waals surface area contributed by atoms with E-state index in [1.54, 1.807) is 6.07 Å². The summed E-state index contributed by atoms with van der Waals surface area (Å²) in [6.45, 7) is 5.58. The molecule has 4 rings (SSSR count). The van der Waals surface area contributed by atoms with Gasteiger partial charge in [-0.2, -0.15) is 13.2 Å². The standard InChI is InChI=1S/C28H34ClF4N3O2/c1-34(17-20-8-9-24(25(30)15-20)28(31,32)33)26-19-36(18-23(26)21-5-4-6-22(29)16-21)27(37)7-2-3-10-35-11-13-38-14-12-35/h4-6,8-9,15-16,23,26H,2-3,7,10-14,17-19H2,1H3. The molecule has 2 saturated heterocycles. The van der Waals surface area contributed by atoms with E-state index in [9.17, 15) is 22.4 Å². The zero-order valence-corrected chi connectivity index (χ0v) is 22.3. The number of likely N-dealkylation sites (tertiary alicyclic amines) is 1. The maximum atomic E-state index is 14.2. The van der Waals surface area contributed by atoms with Crippen LogP contribution in [0.25, 0.3) is 0 Å². The van der Waals surface area contributed by atoms with Crippen molar-refractivity contribution in [1.82, 2.24) is 14.7 Å². The molecule has 2 heterocycles. The van der Waals surface area contributed by atoms with Crippen molar-refractivity contribution in [3.8, 4) is 0 Å². The average molecular weight is 556 g/mol. The SMILES string of the molecule is CN(Cc1ccc(C(F)(F)F)c(F)c1)C1CN(C(=O)CCCCN2CCOCC2)CC1c1cccc(Cl)c1. The van der Waals surface area contributed by atoms with Crippen molar-refractivity contribution < 1.29 is 27.1 Å². The van der Waals surface area contributed by atoms with Crippen LogP contribution in [0.3, 0.4) is 0 Å². The third kappa shape index (κ3) is 7.46. The third-order valence-electron chi connectivity index (χ3n) is 7.47. The average Bonchev–Trinajstić information content (AvgIpc) is 3.32. The fourth-order valence-corrected chi connectivity index (χ4v) is 5.59. The highest BCUT2D eigenvalue weighted by Crippen LogP contribution is 2.34. The monoisotopic (exact) mass is 555 g/mol. The Morgan fingerprint density at radius 2 is 1.87 bits per heavy atom. The molecular weight excluding hydrogens is 522 g/mol. The zero-order valence-electron chi connectivity index (χ0n) is 21.5. The number of hydrogen-bond donors (Lipinski definition) is 0. The Bertz CT molecular complexity index is 1090. The molecule has 5 nitrogen and oxygen atoms in total. The van der Waals surface area contributed by atoms with Crippen LogP contribution in [-0.2, 0) is 22.3 Å². The van der Waals surface area contributed by atoms with Gasteiger partial charge >= 0.3 is 6.18 Å². The fourth-order valence-electron chi connectivity index (χ4n) is 5.39. The van der Waals surface area contributed by atoms with Gasteiger partial charge in [0.2, 0.25) is 5.91 Å². The predicted molar refractivity (Wildman–Crippen MR) is 139 cm³/mol. The normalized spacial score (nSPS) is 20.9. The summed E-state index contributed by atoms with van der Waals surface area (Å²) in [5.74, 6) is -1.22. The van der Waals surface area contributed by atoms with Crippen LogP contribution >= 0.6 is 11.6 Å². The Morgan fingerprint density at radius 1 is 1.11 bits per heavy atom. The number of carbonyl (C=O) groups is 1. The lowest BCUT2D eigenvalue weighted by Gasteiger charge is -2.29. The first-order chi connectivity index (χ1) is 18.1. The Kier molecular flexibility index (Phi) is 9.68. The summed E-state index contributed by atoms with van der Waals surface area (Å²) >= 11 is 6.26. The summed E-state index contributed by atoms with van der Waals surface area (Å²) < 4.78 is 58.5. The summed E-state index contributed by atoms with van der Waals surface area (Å²) in [6.07, 6.45) is -2.52. The number of carbonyl (C=O) groups excluding carboxylic acids is 1. The Balaban J connectivity index is 1.41. The van der Waals surface area contributed by atoms with Crippen LogP contribution in [0, 0.1) is 5.82 Å². The number of alkyl halides is 3. The van der Waals surface area contributed by atoms with Crippen molar-refractivity contribution in [2.45, 2.75) is 43.9 Å². The molecule has 0 saturated carbocycles. The van der Waals surface area contributed by atoms with E-state index < -0.39 is 17.6 Å². The molecule has 2 atom stereocenters. The molecule has 2 aromatic carbocycles. The molecule has 2 unspecified atom stereocenters. The molecule has 0 aromatic heterocycles. The second-order valence-corrected chi connectivity index (χ2v) is 10.6. The van der Waals surface area contributed by atoms with Gasteiger partial charge in [0.15, 0.2) is 0 Å². The van der Waals surface area contributed by atoms with Crippen LogP contribution in [-0.4, -0.2) is 79.6 Å². The van der Waals surface area contributed by atoms with Crippen LogP contribution < -0.4 is 0 Å². The number of benzene rings is 2. The largest absolute Gasteiger partial charge is 0.419 e. The second kappa shape index (κ2) is 12.8. The van der Waals surface area contributed by atoms with Crippen molar-refractivity contribution in [3.05, 3.63) is 70.0 Å². The molecule has 1 amide bonds. The minimum absolute atomic E-state index is 0.0321. The van der Waals surface area contributed by atoms with E-state index in [1.165, 1.54) is 6.07 Å². The lowest BCUT2D eigenvalue weighted by molar-refractivity contribution is -0.140. The molecule has 0 bridgehead atoms. The van der Waals surface area contributed by atoms with Crippen LogP contribution in [0.1, 0.15) is 41.9 Å². The molecule has 0 radical (unpaired) electrons. The molecule has 0 spiro atoms. The molecule has 10 heteroatoms. The number of hydrogen-bond acceptors (Lipinski definition) is 4. The van der Waals surface area contributed by atoms with Gasteiger partial charge in [0, 0.05) is 56.1 Å². The van der Waals surface area contributed by atoms with E-state index in [1.807, 2.05) is 35.0 Å². The summed E-state index contributed by atoms with van der Waals surface area (Å²) in [7, 11) is 1.86. The predicted octanol–water partition coefficient (Wildman–Crippen LogP) is 5.43. The number of amides is 1. The smallest absolute Gasteiger partial charge is 0.379 e. The van der Waals surface area contributed by atoms with E-state index >= 15 is 0 Å². The van der Waals surface area contributed by atoms with Gasteiger partial charge in [0.25, 0.3) is 0 Å². The van der Waals surface area contributed by atoms with Gasteiger partial charge in [0.05, 0.1) is 18.8 Å². The second-order valence-electron chi connectivity index (χ2n) is 10.2. The van der Waals surface area contributed by atoms with E-state index in [-0.39, 0.29) is 24.4 Å². The zero-order chi connectivity index (χ0) is 27.3. The Hall–Kier alpha value is -2.20. The van der Waals surface area contributed by atoms with Crippen molar-refractivity contribution in [1.29, 1.82) is 0 Å². The van der Waals surface area contributed by atoms with Crippen LogP contribution in [0.5, 0.6) is 0 Å². The van der Waals surface area contributed by atoms with Crippen LogP contribution in [0.15, 0.2) is 42.5 Å². The highest BCUT2D eigenvalue weighted by Gasteiger charge is 2.39. The van der Waals surface area contributed by atoms with Gasteiger partial charge in [-0.1, -0.05) is 29.8 Å². The summed E-state index contributed by atoms with van der Waals surface area (Å²) in [4.78, 5) is 19.3. The molecule has 2 fully saturated rings. The third-order valence-corrected chi connectivity index (χ3v) is 7.71. The van der Waals surface area contributed by atoms with Gasteiger partial charge in [-0.3, -0.25) is 14.6 Å². The minimum atomic E-state index is -4.74. The van der Waals surface area contributed by atoms with Crippen molar-refractivity contribution >= 4 is 17.5 Å². The molecular formula is C28H34ClF4N3O2. The number of unbranched alkanes of at least 4 members (excludes halogenated alkanes) is 1. The molecule has 0 N–H and O–H groups in total. The molecule has 38 heavy (non-hydrogen) atoms. The van der Waals surface area contributed by atoms with Crippen LogP contribution in [0.2, 0.25) is 5.02 Å². The molecule has 0 aliphatic carbocycles. The van der Waals surface area contributed by atoms with Gasteiger partial charge in [-0.15, -0.1) is 0 Å². The topological polar surface area (TPSA) is 36.0 Å². The van der Waals surface area contributed by atoms with E-state index in [0.717, 1.165) is 63.4 Å². The lowest BCUT2D eigenvalue weighted by Crippen LogP contribution is -2.38. The number of rotatable bonds is 9. The first kappa shape index (κ1) is 28.8. The number of halogens is 5. The van der Waals surface area contributed by atoms with E-state index in [4.69, 9.17) is 16.3 Å². The van der Waals surface area contributed by atoms with Gasteiger partial charge in [-0.05, 0) is 61.8 Å². The molecule has 2 aromatic rings. The van der Waals surface area contributed by atoms with Crippen molar-refractivity contribution in [3.63, 3.8) is 0 Å². The first-order valence-corrected chi connectivity index (χ1v) is 13.4. The Morgan fingerprint density at radius 3 is 2.55 bits per heavy atom.